The molecule has 0 saturated heterocycles. The van der Waals surface area contributed by atoms with E-state index in [1.165, 1.54) is 20.0 Å². The standard InChI is InChI=1S/C26H32F4N6O2/c1-15(16-8-7-9-18(20(16)27)26(28,29)30)31-22-17-14-36(25(2)10-11-25)24(38)21(34(5)13-12-33(3)4)19(17)23(37)35(6)32-22/h7-9,14-15H,10-13H2,1-6H3,(H,31,32)/t15-/m1/s1. The first-order chi connectivity index (χ1) is 17.7. The predicted octanol–water partition coefficient (Wildman–Crippen LogP) is 3.93. The molecule has 4 rings (SSSR count). The third-order valence-corrected chi connectivity index (χ3v) is 7.17. The molecule has 38 heavy (non-hydrogen) atoms. The quantitative estimate of drug-likeness (QED) is 0.440. The van der Waals surface area contributed by atoms with Gasteiger partial charge in [-0.2, -0.15) is 18.3 Å². The molecular weight excluding hydrogens is 504 g/mol. The molecule has 1 aromatic carbocycles. The molecule has 1 aliphatic rings. The number of nitrogens with zero attached hydrogens (tertiary/aromatic N) is 5. The fourth-order valence-electron chi connectivity index (χ4n) is 4.54. The Morgan fingerprint density at radius 2 is 1.79 bits per heavy atom. The van der Waals surface area contributed by atoms with E-state index in [0.29, 0.717) is 24.5 Å². The van der Waals surface area contributed by atoms with E-state index in [4.69, 9.17) is 0 Å². The lowest BCUT2D eigenvalue weighted by Gasteiger charge is -2.26. The van der Waals surface area contributed by atoms with Crippen LogP contribution in [0.5, 0.6) is 0 Å². The van der Waals surface area contributed by atoms with Gasteiger partial charge in [-0.25, -0.2) is 9.07 Å². The molecule has 0 aliphatic heterocycles. The zero-order valence-electron chi connectivity index (χ0n) is 22.3. The van der Waals surface area contributed by atoms with Crippen LogP contribution in [0.1, 0.15) is 43.9 Å². The molecule has 1 fully saturated rings. The number of alkyl halides is 3. The third-order valence-electron chi connectivity index (χ3n) is 7.17. The SMILES string of the molecule is C[C@@H](Nc1nn(C)c(=O)c2c(N(C)CCN(C)C)c(=O)n(C3(C)CC3)cc12)c1cccc(C(F)(F)F)c1F. The van der Waals surface area contributed by atoms with E-state index >= 15 is 0 Å². The number of halogens is 4. The number of hydrogen-bond acceptors (Lipinski definition) is 6. The van der Waals surface area contributed by atoms with Gasteiger partial charge in [-0.1, -0.05) is 12.1 Å². The first kappa shape index (κ1) is 27.6. The van der Waals surface area contributed by atoms with Crippen LogP contribution in [0.2, 0.25) is 0 Å². The average Bonchev–Trinajstić information content (AvgIpc) is 3.57. The summed E-state index contributed by atoms with van der Waals surface area (Å²) >= 11 is 0. The molecule has 8 nitrogen and oxygen atoms in total. The van der Waals surface area contributed by atoms with Crippen LogP contribution in [-0.4, -0.2) is 53.5 Å². The Morgan fingerprint density at radius 1 is 1.13 bits per heavy atom. The van der Waals surface area contributed by atoms with Crippen LogP contribution in [-0.2, 0) is 18.8 Å². The lowest BCUT2D eigenvalue weighted by Crippen LogP contribution is -2.38. The van der Waals surface area contributed by atoms with Crippen LogP contribution in [0.3, 0.4) is 0 Å². The maximum Gasteiger partial charge on any atom is 0.419 e. The predicted molar refractivity (Wildman–Crippen MR) is 139 cm³/mol. The first-order valence-electron chi connectivity index (χ1n) is 12.3. The Kier molecular flexibility index (Phi) is 7.06. The first-order valence-corrected chi connectivity index (χ1v) is 12.3. The van der Waals surface area contributed by atoms with Crippen molar-refractivity contribution in [1.82, 2.24) is 19.2 Å². The van der Waals surface area contributed by atoms with Crippen LogP contribution in [0.25, 0.3) is 10.8 Å². The van der Waals surface area contributed by atoms with Gasteiger partial charge in [0.15, 0.2) is 5.82 Å². The topological polar surface area (TPSA) is 75.4 Å². The number of benzene rings is 1. The van der Waals surface area contributed by atoms with Gasteiger partial charge in [0.05, 0.1) is 22.4 Å². The molecule has 0 amide bonds. The highest BCUT2D eigenvalue weighted by atomic mass is 19.4. The summed E-state index contributed by atoms with van der Waals surface area (Å²) in [5.41, 5.74) is -2.54. The molecule has 2 heterocycles. The Bertz CT molecular complexity index is 1490. The van der Waals surface area contributed by atoms with E-state index < -0.39 is 34.7 Å². The van der Waals surface area contributed by atoms with E-state index in [-0.39, 0.29) is 28.0 Å². The van der Waals surface area contributed by atoms with Gasteiger partial charge in [-0.05, 0) is 46.9 Å². The van der Waals surface area contributed by atoms with Crippen molar-refractivity contribution < 1.29 is 17.6 Å². The Morgan fingerprint density at radius 3 is 2.37 bits per heavy atom. The number of rotatable bonds is 8. The molecule has 0 spiro atoms. The van der Waals surface area contributed by atoms with E-state index in [9.17, 15) is 27.2 Å². The van der Waals surface area contributed by atoms with Crippen molar-refractivity contribution in [1.29, 1.82) is 0 Å². The minimum atomic E-state index is -4.84. The molecule has 3 aromatic rings. The molecule has 1 aliphatic carbocycles. The van der Waals surface area contributed by atoms with Crippen molar-refractivity contribution in [2.24, 2.45) is 7.05 Å². The van der Waals surface area contributed by atoms with Gasteiger partial charge in [0, 0.05) is 44.5 Å². The molecule has 206 valence electrons. The van der Waals surface area contributed by atoms with Gasteiger partial charge < -0.3 is 19.7 Å². The lowest BCUT2D eigenvalue weighted by atomic mass is 10.0. The van der Waals surface area contributed by atoms with Gasteiger partial charge in [0.25, 0.3) is 11.1 Å². The number of likely N-dealkylation sites (N-methyl/N-ethyl adjacent to an activating group) is 2. The summed E-state index contributed by atoms with van der Waals surface area (Å²) in [6, 6.07) is 2.18. The lowest BCUT2D eigenvalue weighted by molar-refractivity contribution is -0.140. The number of fused-ring (bicyclic) bond motifs is 1. The van der Waals surface area contributed by atoms with Gasteiger partial charge in [-0.3, -0.25) is 9.59 Å². The van der Waals surface area contributed by atoms with Gasteiger partial charge in [0.2, 0.25) is 0 Å². The number of pyridine rings is 1. The summed E-state index contributed by atoms with van der Waals surface area (Å²) in [6.45, 7) is 4.57. The van der Waals surface area contributed by atoms with E-state index in [0.717, 1.165) is 23.6 Å². The molecule has 0 bridgehead atoms. The van der Waals surface area contributed by atoms with Gasteiger partial charge in [0.1, 0.15) is 11.5 Å². The highest BCUT2D eigenvalue weighted by Gasteiger charge is 2.41. The smallest absolute Gasteiger partial charge is 0.368 e. The van der Waals surface area contributed by atoms with Crippen molar-refractivity contribution in [3.05, 3.63) is 62.0 Å². The summed E-state index contributed by atoms with van der Waals surface area (Å²) in [4.78, 5) is 30.8. The van der Waals surface area contributed by atoms with Crippen molar-refractivity contribution in [2.45, 2.75) is 44.4 Å². The molecule has 1 saturated carbocycles. The summed E-state index contributed by atoms with van der Waals surface area (Å²) < 4.78 is 57.5. The Hall–Kier alpha value is -3.41. The summed E-state index contributed by atoms with van der Waals surface area (Å²) in [5.74, 6) is -1.22. The maximum atomic E-state index is 14.9. The van der Waals surface area contributed by atoms with Crippen molar-refractivity contribution in [3.8, 4) is 0 Å². The minimum absolute atomic E-state index is 0.147. The Balaban J connectivity index is 1.91. The summed E-state index contributed by atoms with van der Waals surface area (Å²) in [7, 11) is 6.98. The fraction of sp³-hybridized carbons (Fsp3) is 0.500. The second-order valence-electron chi connectivity index (χ2n) is 10.5. The fourth-order valence-corrected chi connectivity index (χ4v) is 4.54. The molecule has 0 unspecified atom stereocenters. The molecule has 2 aromatic heterocycles. The number of nitrogens with one attached hydrogen (secondary N) is 1. The summed E-state index contributed by atoms with van der Waals surface area (Å²) in [5, 5.41) is 7.81. The zero-order chi connectivity index (χ0) is 28.2. The van der Waals surface area contributed by atoms with E-state index in [1.807, 2.05) is 25.9 Å². The Labute approximate surface area is 217 Å². The van der Waals surface area contributed by atoms with Crippen LogP contribution < -0.4 is 21.3 Å². The largest absolute Gasteiger partial charge is 0.419 e. The molecule has 1 atom stereocenters. The minimum Gasteiger partial charge on any atom is -0.368 e. The van der Waals surface area contributed by atoms with E-state index in [1.54, 1.807) is 22.7 Å². The van der Waals surface area contributed by atoms with Crippen molar-refractivity contribution in [3.63, 3.8) is 0 Å². The summed E-state index contributed by atoms with van der Waals surface area (Å²) in [6.07, 6.45) is -1.69. The van der Waals surface area contributed by atoms with Crippen LogP contribution >= 0.6 is 0 Å². The molecule has 1 N–H and O–H groups in total. The number of anilines is 2. The van der Waals surface area contributed by atoms with Gasteiger partial charge >= 0.3 is 6.18 Å². The third kappa shape index (κ3) is 5.01. The second kappa shape index (κ2) is 9.72. The number of aryl methyl sites for hydroxylation is 1. The van der Waals surface area contributed by atoms with Crippen molar-refractivity contribution >= 4 is 22.3 Å². The highest BCUT2D eigenvalue weighted by Crippen LogP contribution is 2.43. The van der Waals surface area contributed by atoms with E-state index in [2.05, 4.69) is 10.4 Å². The normalized spacial score (nSPS) is 15.7. The van der Waals surface area contributed by atoms with Crippen LogP contribution in [0.4, 0.5) is 29.1 Å². The molecular formula is C26H32F4N6O2. The number of hydrogen-bond donors (Lipinski definition) is 1. The number of aromatic nitrogens is 3. The van der Waals surface area contributed by atoms with Crippen LogP contribution in [0, 0.1) is 5.82 Å². The van der Waals surface area contributed by atoms with Gasteiger partial charge in [-0.15, -0.1) is 0 Å². The molecule has 12 heteroatoms. The monoisotopic (exact) mass is 536 g/mol. The second-order valence-corrected chi connectivity index (χ2v) is 10.5. The van der Waals surface area contributed by atoms with Crippen LogP contribution in [0.15, 0.2) is 34.0 Å². The van der Waals surface area contributed by atoms with Crippen molar-refractivity contribution in [2.75, 3.05) is 44.4 Å². The maximum absolute atomic E-state index is 14.9. The molecule has 0 radical (unpaired) electrons. The highest BCUT2D eigenvalue weighted by molar-refractivity contribution is 5.99. The average molecular weight is 537 g/mol. The zero-order valence-corrected chi connectivity index (χ0v) is 22.3.